The number of rotatable bonds is 4. The van der Waals surface area contributed by atoms with Crippen LogP contribution in [0.25, 0.3) is 0 Å². The summed E-state index contributed by atoms with van der Waals surface area (Å²) in [6.07, 6.45) is -0.814. The summed E-state index contributed by atoms with van der Waals surface area (Å²) >= 11 is 18.0. The van der Waals surface area contributed by atoms with Crippen LogP contribution in [-0.2, 0) is 4.79 Å². The van der Waals surface area contributed by atoms with Gasteiger partial charge in [0, 0.05) is 25.7 Å². The van der Waals surface area contributed by atoms with Crippen LogP contribution in [0.5, 0.6) is 5.75 Å². The standard InChI is InChI=1S/C16H14Cl3NO2/c1-20(2)16(21)15(10-6-4-3-5-7-10)22-14-9-12(18)11(17)8-13(14)19/h3-9,15H,1-2H3/t15-/m0/s1. The van der Waals surface area contributed by atoms with Crippen molar-refractivity contribution >= 4 is 40.7 Å². The molecule has 2 rings (SSSR count). The smallest absolute Gasteiger partial charge is 0.267 e. The molecule has 0 fully saturated rings. The minimum absolute atomic E-state index is 0.201. The average molecular weight is 359 g/mol. The normalized spacial score (nSPS) is 11.9. The Morgan fingerprint density at radius 1 is 1.00 bits per heavy atom. The Morgan fingerprint density at radius 3 is 2.18 bits per heavy atom. The van der Waals surface area contributed by atoms with Crippen molar-refractivity contribution in [2.75, 3.05) is 14.1 Å². The first-order valence-electron chi connectivity index (χ1n) is 6.47. The SMILES string of the molecule is CN(C)C(=O)[C@@H](Oc1cc(Cl)c(Cl)cc1Cl)c1ccccc1. The molecule has 0 heterocycles. The van der Waals surface area contributed by atoms with Crippen molar-refractivity contribution in [1.29, 1.82) is 0 Å². The van der Waals surface area contributed by atoms with Crippen LogP contribution in [0.3, 0.4) is 0 Å². The Balaban J connectivity index is 2.39. The maximum absolute atomic E-state index is 12.4. The number of benzene rings is 2. The van der Waals surface area contributed by atoms with Crippen molar-refractivity contribution in [1.82, 2.24) is 4.90 Å². The third-order valence-corrected chi connectivity index (χ3v) is 4.00. The fourth-order valence-electron chi connectivity index (χ4n) is 1.84. The van der Waals surface area contributed by atoms with Gasteiger partial charge in [0.15, 0.2) is 0 Å². The van der Waals surface area contributed by atoms with Gasteiger partial charge in [-0.1, -0.05) is 65.1 Å². The van der Waals surface area contributed by atoms with E-state index in [1.807, 2.05) is 30.3 Å². The Kier molecular flexibility index (Phi) is 5.57. The summed E-state index contributed by atoms with van der Waals surface area (Å²) in [4.78, 5) is 13.9. The maximum Gasteiger partial charge on any atom is 0.267 e. The van der Waals surface area contributed by atoms with E-state index in [9.17, 15) is 4.79 Å². The molecular weight excluding hydrogens is 345 g/mol. The molecule has 0 unspecified atom stereocenters. The molecule has 0 radical (unpaired) electrons. The Bertz CT molecular complexity index is 675. The van der Waals surface area contributed by atoms with Crippen molar-refractivity contribution in [3.8, 4) is 5.75 Å². The number of likely N-dealkylation sites (N-methyl/N-ethyl adjacent to an activating group) is 1. The van der Waals surface area contributed by atoms with Crippen LogP contribution >= 0.6 is 34.8 Å². The van der Waals surface area contributed by atoms with E-state index in [2.05, 4.69) is 0 Å². The van der Waals surface area contributed by atoms with Crippen LogP contribution in [0, 0.1) is 0 Å². The fourth-order valence-corrected chi connectivity index (χ4v) is 2.43. The number of amides is 1. The molecule has 0 spiro atoms. The summed E-state index contributed by atoms with van der Waals surface area (Å²) < 4.78 is 5.82. The van der Waals surface area contributed by atoms with Gasteiger partial charge in [0.2, 0.25) is 6.10 Å². The van der Waals surface area contributed by atoms with Crippen LogP contribution in [0.1, 0.15) is 11.7 Å². The van der Waals surface area contributed by atoms with E-state index in [0.717, 1.165) is 5.56 Å². The topological polar surface area (TPSA) is 29.5 Å². The average Bonchev–Trinajstić information content (AvgIpc) is 2.49. The van der Waals surface area contributed by atoms with E-state index in [1.54, 1.807) is 14.1 Å². The van der Waals surface area contributed by atoms with Gasteiger partial charge in [0.25, 0.3) is 5.91 Å². The van der Waals surface area contributed by atoms with E-state index in [4.69, 9.17) is 39.5 Å². The lowest BCUT2D eigenvalue weighted by molar-refractivity contribution is -0.136. The number of hydrogen-bond acceptors (Lipinski definition) is 2. The third kappa shape index (κ3) is 3.86. The summed E-state index contributed by atoms with van der Waals surface area (Å²) in [6, 6.07) is 12.2. The highest BCUT2D eigenvalue weighted by Crippen LogP contribution is 2.36. The summed E-state index contributed by atoms with van der Waals surface area (Å²) in [5.41, 5.74) is 0.725. The van der Waals surface area contributed by atoms with Crippen LogP contribution in [-0.4, -0.2) is 24.9 Å². The van der Waals surface area contributed by atoms with Crippen molar-refractivity contribution in [2.24, 2.45) is 0 Å². The summed E-state index contributed by atoms with van der Waals surface area (Å²) in [6.45, 7) is 0. The zero-order valence-electron chi connectivity index (χ0n) is 12.0. The molecule has 6 heteroatoms. The first-order valence-corrected chi connectivity index (χ1v) is 7.61. The lowest BCUT2D eigenvalue weighted by atomic mass is 10.1. The summed E-state index contributed by atoms with van der Waals surface area (Å²) in [5, 5.41) is 0.932. The number of carbonyl (C=O) groups is 1. The Morgan fingerprint density at radius 2 is 1.59 bits per heavy atom. The largest absolute Gasteiger partial charge is 0.474 e. The Hall–Kier alpha value is -1.42. The number of hydrogen-bond donors (Lipinski definition) is 0. The molecule has 0 aliphatic carbocycles. The molecule has 3 nitrogen and oxygen atoms in total. The molecule has 22 heavy (non-hydrogen) atoms. The highest BCUT2D eigenvalue weighted by Gasteiger charge is 2.25. The minimum Gasteiger partial charge on any atom is -0.474 e. The highest BCUT2D eigenvalue weighted by molar-refractivity contribution is 6.43. The minimum atomic E-state index is -0.814. The molecule has 0 aliphatic heterocycles. The van der Waals surface area contributed by atoms with Crippen LogP contribution in [0.2, 0.25) is 15.1 Å². The number of carbonyl (C=O) groups excluding carboxylic acids is 1. The molecule has 0 saturated heterocycles. The second-order valence-electron chi connectivity index (χ2n) is 4.84. The van der Waals surface area contributed by atoms with E-state index >= 15 is 0 Å². The van der Waals surface area contributed by atoms with Crippen molar-refractivity contribution in [3.63, 3.8) is 0 Å². The van der Waals surface area contributed by atoms with Gasteiger partial charge in [-0.25, -0.2) is 0 Å². The molecule has 0 saturated carbocycles. The van der Waals surface area contributed by atoms with Gasteiger partial charge in [-0.05, 0) is 6.07 Å². The number of nitrogens with zero attached hydrogens (tertiary/aromatic N) is 1. The van der Waals surface area contributed by atoms with Gasteiger partial charge in [0.1, 0.15) is 5.75 Å². The molecule has 2 aromatic carbocycles. The molecule has 0 aromatic heterocycles. The van der Waals surface area contributed by atoms with E-state index in [1.165, 1.54) is 17.0 Å². The fraction of sp³-hybridized carbons (Fsp3) is 0.188. The maximum atomic E-state index is 12.4. The summed E-state index contributed by atoms with van der Waals surface area (Å²) in [7, 11) is 3.33. The van der Waals surface area contributed by atoms with Gasteiger partial charge >= 0.3 is 0 Å². The number of halogens is 3. The first kappa shape index (κ1) is 16.9. The first-order chi connectivity index (χ1) is 10.4. The zero-order valence-corrected chi connectivity index (χ0v) is 14.3. The Labute approximate surface area is 144 Å². The predicted octanol–water partition coefficient (Wildman–Crippen LogP) is 4.86. The molecule has 1 atom stereocenters. The molecule has 0 bridgehead atoms. The van der Waals surface area contributed by atoms with Crippen LogP contribution in [0.15, 0.2) is 42.5 Å². The number of ether oxygens (including phenoxy) is 1. The second-order valence-corrected chi connectivity index (χ2v) is 6.06. The molecule has 0 aliphatic rings. The van der Waals surface area contributed by atoms with Gasteiger partial charge in [-0.15, -0.1) is 0 Å². The van der Waals surface area contributed by atoms with E-state index in [-0.39, 0.29) is 5.91 Å². The van der Waals surface area contributed by atoms with Crippen molar-refractivity contribution in [3.05, 3.63) is 63.1 Å². The van der Waals surface area contributed by atoms with Gasteiger partial charge < -0.3 is 9.64 Å². The molecule has 116 valence electrons. The van der Waals surface area contributed by atoms with Crippen molar-refractivity contribution < 1.29 is 9.53 Å². The quantitative estimate of drug-likeness (QED) is 0.731. The van der Waals surface area contributed by atoms with E-state index in [0.29, 0.717) is 20.8 Å². The zero-order chi connectivity index (χ0) is 16.3. The second kappa shape index (κ2) is 7.23. The van der Waals surface area contributed by atoms with Gasteiger partial charge in [-0.3, -0.25) is 4.79 Å². The van der Waals surface area contributed by atoms with Gasteiger partial charge in [0.05, 0.1) is 15.1 Å². The molecule has 0 N–H and O–H groups in total. The van der Waals surface area contributed by atoms with Crippen LogP contribution < -0.4 is 4.74 Å². The molecule has 2 aromatic rings. The van der Waals surface area contributed by atoms with Gasteiger partial charge in [-0.2, -0.15) is 0 Å². The summed E-state index contributed by atoms with van der Waals surface area (Å²) in [5.74, 6) is 0.105. The van der Waals surface area contributed by atoms with Crippen LogP contribution in [0.4, 0.5) is 0 Å². The molecule has 1 amide bonds. The van der Waals surface area contributed by atoms with E-state index < -0.39 is 6.10 Å². The highest BCUT2D eigenvalue weighted by atomic mass is 35.5. The lowest BCUT2D eigenvalue weighted by Crippen LogP contribution is -2.31. The molecular formula is C16H14Cl3NO2. The third-order valence-electron chi connectivity index (χ3n) is 2.99. The monoisotopic (exact) mass is 357 g/mol. The van der Waals surface area contributed by atoms with Crippen molar-refractivity contribution in [2.45, 2.75) is 6.10 Å². The lowest BCUT2D eigenvalue weighted by Gasteiger charge is -2.23. The predicted molar refractivity (Wildman–Crippen MR) is 90.0 cm³/mol.